The van der Waals surface area contributed by atoms with Crippen LogP contribution < -0.4 is 5.32 Å². The second-order valence-electron chi connectivity index (χ2n) is 3.53. The van der Waals surface area contributed by atoms with Crippen molar-refractivity contribution in [2.75, 3.05) is 5.32 Å². The second kappa shape index (κ2) is 5.25. The van der Waals surface area contributed by atoms with Gasteiger partial charge < -0.3 is 10.4 Å². The van der Waals surface area contributed by atoms with Crippen LogP contribution in [0.2, 0.25) is 0 Å². The van der Waals surface area contributed by atoms with Crippen molar-refractivity contribution in [3.63, 3.8) is 0 Å². The normalized spacial score (nSPS) is 11.9. The molecule has 5 nitrogen and oxygen atoms in total. The number of aromatic carboxylic acids is 1. The van der Waals surface area contributed by atoms with Crippen LogP contribution in [-0.4, -0.2) is 22.0 Å². The lowest BCUT2D eigenvalue weighted by Gasteiger charge is -2.09. The van der Waals surface area contributed by atoms with E-state index in [9.17, 15) is 9.59 Å². The van der Waals surface area contributed by atoms with Gasteiger partial charge in [0.1, 0.15) is 5.69 Å². The van der Waals surface area contributed by atoms with E-state index in [1.807, 2.05) is 13.8 Å². The van der Waals surface area contributed by atoms with Gasteiger partial charge in [0.25, 0.3) is 0 Å². The third-order valence-corrected chi connectivity index (χ3v) is 2.31. The number of carbonyl (C=O) groups excluding carboxylic acids is 1. The highest BCUT2D eigenvalue weighted by Crippen LogP contribution is 2.11. The van der Waals surface area contributed by atoms with Crippen LogP contribution in [0.1, 0.15) is 30.8 Å². The summed E-state index contributed by atoms with van der Waals surface area (Å²) in [4.78, 5) is 25.9. The summed E-state index contributed by atoms with van der Waals surface area (Å²) >= 11 is 0. The molecule has 1 heterocycles. The summed E-state index contributed by atoms with van der Waals surface area (Å²) < 4.78 is 0. The molecule has 0 bridgehead atoms. The van der Waals surface area contributed by atoms with E-state index in [0.717, 1.165) is 6.42 Å². The highest BCUT2D eigenvalue weighted by atomic mass is 16.4. The Hall–Kier alpha value is -1.91. The first-order chi connectivity index (χ1) is 7.54. The average molecular weight is 222 g/mol. The van der Waals surface area contributed by atoms with Crippen molar-refractivity contribution >= 4 is 17.6 Å². The number of aromatic nitrogens is 1. The highest BCUT2D eigenvalue weighted by Gasteiger charge is 2.11. The van der Waals surface area contributed by atoms with Gasteiger partial charge in [0, 0.05) is 17.8 Å². The molecule has 1 unspecified atom stereocenters. The van der Waals surface area contributed by atoms with Crippen molar-refractivity contribution < 1.29 is 14.7 Å². The molecule has 16 heavy (non-hydrogen) atoms. The maximum atomic E-state index is 11.5. The standard InChI is InChI=1S/C11H14N2O3/c1-3-7(2)10(14)13-8-4-5-12-9(6-8)11(15)16/h4-7H,3H2,1-2H3,(H,15,16)(H,12,13,14). The molecule has 0 spiro atoms. The number of anilines is 1. The van der Waals surface area contributed by atoms with E-state index in [4.69, 9.17) is 5.11 Å². The van der Waals surface area contributed by atoms with E-state index in [1.165, 1.54) is 12.3 Å². The Morgan fingerprint density at radius 2 is 2.25 bits per heavy atom. The molecule has 1 amide bonds. The monoisotopic (exact) mass is 222 g/mol. The SMILES string of the molecule is CCC(C)C(=O)Nc1ccnc(C(=O)O)c1. The topological polar surface area (TPSA) is 79.3 Å². The summed E-state index contributed by atoms with van der Waals surface area (Å²) in [7, 11) is 0. The predicted molar refractivity (Wildman–Crippen MR) is 59.3 cm³/mol. The first kappa shape index (κ1) is 12.2. The average Bonchev–Trinajstić information content (AvgIpc) is 2.28. The molecule has 0 saturated carbocycles. The van der Waals surface area contributed by atoms with Gasteiger partial charge in [0.05, 0.1) is 0 Å². The fourth-order valence-electron chi connectivity index (χ4n) is 1.08. The Bertz CT molecular complexity index is 404. The minimum atomic E-state index is -1.11. The van der Waals surface area contributed by atoms with Gasteiger partial charge in [0.15, 0.2) is 0 Å². The molecular weight excluding hydrogens is 208 g/mol. The second-order valence-corrected chi connectivity index (χ2v) is 3.53. The van der Waals surface area contributed by atoms with Crippen molar-refractivity contribution in [2.24, 2.45) is 5.92 Å². The van der Waals surface area contributed by atoms with Crippen molar-refractivity contribution in [1.82, 2.24) is 4.98 Å². The van der Waals surface area contributed by atoms with Crippen molar-refractivity contribution in [1.29, 1.82) is 0 Å². The molecule has 1 aromatic heterocycles. The number of pyridine rings is 1. The summed E-state index contributed by atoms with van der Waals surface area (Å²) in [5.41, 5.74) is 0.375. The number of nitrogens with one attached hydrogen (secondary N) is 1. The molecule has 0 aliphatic heterocycles. The largest absolute Gasteiger partial charge is 0.477 e. The summed E-state index contributed by atoms with van der Waals surface area (Å²) in [6.07, 6.45) is 2.10. The van der Waals surface area contributed by atoms with Crippen LogP contribution >= 0.6 is 0 Å². The van der Waals surface area contributed by atoms with E-state index in [1.54, 1.807) is 6.07 Å². The lowest BCUT2D eigenvalue weighted by atomic mass is 10.1. The maximum absolute atomic E-state index is 11.5. The van der Waals surface area contributed by atoms with Crippen molar-refractivity contribution in [3.8, 4) is 0 Å². The molecule has 0 aromatic carbocycles. The molecular formula is C11H14N2O3. The molecule has 0 aliphatic rings. The van der Waals surface area contributed by atoms with Crippen LogP contribution in [0.15, 0.2) is 18.3 Å². The summed E-state index contributed by atoms with van der Waals surface area (Å²) in [6.45, 7) is 3.73. The molecule has 1 rings (SSSR count). The van der Waals surface area contributed by atoms with Crippen LogP contribution in [0.25, 0.3) is 0 Å². The number of rotatable bonds is 4. The van der Waals surface area contributed by atoms with Gasteiger partial charge >= 0.3 is 5.97 Å². The van der Waals surface area contributed by atoms with Crippen LogP contribution in [0.5, 0.6) is 0 Å². The minimum Gasteiger partial charge on any atom is -0.477 e. The number of hydrogen-bond acceptors (Lipinski definition) is 3. The third-order valence-electron chi connectivity index (χ3n) is 2.31. The fourth-order valence-corrected chi connectivity index (χ4v) is 1.08. The van der Waals surface area contributed by atoms with Crippen molar-refractivity contribution in [2.45, 2.75) is 20.3 Å². The lowest BCUT2D eigenvalue weighted by Crippen LogP contribution is -2.19. The number of carboxylic acids is 1. The number of nitrogens with zero attached hydrogens (tertiary/aromatic N) is 1. The third kappa shape index (κ3) is 3.05. The van der Waals surface area contributed by atoms with E-state index in [0.29, 0.717) is 5.69 Å². The Balaban J connectivity index is 2.78. The summed E-state index contributed by atoms with van der Waals surface area (Å²) in [5.74, 6) is -1.33. The van der Waals surface area contributed by atoms with Gasteiger partial charge in [-0.05, 0) is 18.6 Å². The molecule has 0 aliphatic carbocycles. The zero-order valence-electron chi connectivity index (χ0n) is 9.23. The molecule has 0 saturated heterocycles. The first-order valence-electron chi connectivity index (χ1n) is 5.04. The number of amides is 1. The van der Waals surface area contributed by atoms with Gasteiger partial charge in [-0.25, -0.2) is 9.78 Å². The zero-order chi connectivity index (χ0) is 12.1. The molecule has 2 N–H and O–H groups in total. The highest BCUT2D eigenvalue weighted by molar-refractivity contribution is 5.93. The Morgan fingerprint density at radius 3 is 2.81 bits per heavy atom. The fraction of sp³-hybridized carbons (Fsp3) is 0.364. The Morgan fingerprint density at radius 1 is 1.56 bits per heavy atom. The minimum absolute atomic E-state index is 0.0815. The zero-order valence-corrected chi connectivity index (χ0v) is 9.23. The van der Waals surface area contributed by atoms with Gasteiger partial charge in [-0.3, -0.25) is 4.79 Å². The van der Waals surface area contributed by atoms with Crippen LogP contribution in [0.3, 0.4) is 0 Å². The smallest absolute Gasteiger partial charge is 0.354 e. The molecule has 0 fully saturated rings. The van der Waals surface area contributed by atoms with E-state index < -0.39 is 5.97 Å². The van der Waals surface area contributed by atoms with Gasteiger partial charge in [0.2, 0.25) is 5.91 Å². The molecule has 5 heteroatoms. The van der Waals surface area contributed by atoms with Gasteiger partial charge in [-0.15, -0.1) is 0 Å². The summed E-state index contributed by atoms with van der Waals surface area (Å²) in [5, 5.41) is 11.4. The molecule has 86 valence electrons. The number of hydrogen-bond donors (Lipinski definition) is 2. The predicted octanol–water partition coefficient (Wildman–Crippen LogP) is 1.76. The Labute approximate surface area is 93.5 Å². The van der Waals surface area contributed by atoms with Gasteiger partial charge in [-0.2, -0.15) is 0 Å². The van der Waals surface area contributed by atoms with E-state index >= 15 is 0 Å². The van der Waals surface area contributed by atoms with Gasteiger partial charge in [-0.1, -0.05) is 13.8 Å². The maximum Gasteiger partial charge on any atom is 0.354 e. The van der Waals surface area contributed by atoms with Crippen molar-refractivity contribution in [3.05, 3.63) is 24.0 Å². The quantitative estimate of drug-likeness (QED) is 0.813. The van der Waals surface area contributed by atoms with Crippen LogP contribution in [0.4, 0.5) is 5.69 Å². The van der Waals surface area contributed by atoms with Crippen LogP contribution in [-0.2, 0) is 4.79 Å². The molecule has 1 aromatic rings. The van der Waals surface area contributed by atoms with E-state index in [2.05, 4.69) is 10.3 Å². The van der Waals surface area contributed by atoms with E-state index in [-0.39, 0.29) is 17.5 Å². The molecule has 1 atom stereocenters. The number of carboxylic acid groups (broad SMARTS) is 1. The van der Waals surface area contributed by atoms with Crippen LogP contribution in [0, 0.1) is 5.92 Å². The number of carbonyl (C=O) groups is 2. The summed E-state index contributed by atoms with van der Waals surface area (Å²) in [6, 6.07) is 2.90. The first-order valence-corrected chi connectivity index (χ1v) is 5.04. The lowest BCUT2D eigenvalue weighted by molar-refractivity contribution is -0.119. The Kier molecular flexibility index (Phi) is 3.99. The molecule has 0 radical (unpaired) electrons.